The van der Waals surface area contributed by atoms with Crippen LogP contribution >= 0.6 is 0 Å². The van der Waals surface area contributed by atoms with Gasteiger partial charge < -0.3 is 85.5 Å². The van der Waals surface area contributed by atoms with Crippen molar-refractivity contribution in [2.45, 2.75) is 129 Å². The van der Waals surface area contributed by atoms with E-state index < -0.39 is 78.7 Å². The van der Waals surface area contributed by atoms with Crippen molar-refractivity contribution in [3.8, 4) is 28.7 Å². The van der Waals surface area contributed by atoms with Gasteiger partial charge in [-0.05, 0) is 129 Å². The first kappa shape index (κ1) is 73.6. The number of aliphatic hydroxyl groups excluding tert-OH is 1. The Kier molecular flexibility index (Phi) is 21.4. The fourth-order valence-electron chi connectivity index (χ4n) is 14.3. The smallest absolute Gasteiger partial charge is 0.432 e. The second kappa shape index (κ2) is 31.2. The second-order valence-corrected chi connectivity index (χ2v) is 28.3. The lowest BCUT2D eigenvalue weighted by atomic mass is 9.96. The number of fused-ring (bicyclic) bond motifs is 8. The van der Waals surface area contributed by atoms with E-state index in [2.05, 4.69) is 56.7 Å². The van der Waals surface area contributed by atoms with Crippen molar-refractivity contribution < 1.29 is 76.7 Å². The standard InChI is InChI=1S/C78H89N13O16/c1-43(2)67(84-66(92)38-80-70(93)45(5)82-76(99)107-89-40-49-15-10-11-16-54(49)69-68(85-86-91(69)44(3)4)55-17-12-13-18-59(55)89)72(95)81-46(6)71(94)83-51-23-19-47(20-24-51)41-106-77(100)90-60-35-65(63(103-9)33-57(60)74(97)88-42-78(27-28-78)36-61(88)75(90)98)105-30-14-29-104-64-34-58-56(32-62(64)102-8)73(96)87-39-50(31-52(87)37-79-58)48-21-25-53(101-7)26-22-48/h10-13,15-26,32-35,39,43-46,52,61,67,75,79,85-86,98H,14,27-31,36-38,40-42H2,1-9H3,(H,80,93)(H,81,95)(H,82,99)(H,83,94)(H,84,92)/t45?,46-,52-,61-,67-,75?/m0/s1. The van der Waals surface area contributed by atoms with Gasteiger partial charge in [0.05, 0.1) is 99.3 Å². The summed E-state index contributed by atoms with van der Waals surface area (Å²) in [5.41, 5.74) is 15.5. The van der Waals surface area contributed by atoms with Crippen LogP contribution < -0.4 is 76.5 Å². The largest absolute Gasteiger partial charge is 0.497 e. The quantitative estimate of drug-likeness (QED) is 0.0259. The van der Waals surface area contributed by atoms with Crippen LogP contribution in [0.3, 0.4) is 0 Å². The molecule has 6 atom stereocenters. The fourth-order valence-corrected chi connectivity index (χ4v) is 14.3. The van der Waals surface area contributed by atoms with E-state index in [9.17, 15) is 43.5 Å². The molecule has 9 N–H and O–H groups in total. The summed E-state index contributed by atoms with van der Waals surface area (Å²) in [5.74, 6) is -1.70. The van der Waals surface area contributed by atoms with Crippen LogP contribution in [-0.4, -0.2) is 164 Å². The molecular formula is C78H89N13O16. The van der Waals surface area contributed by atoms with Crippen molar-refractivity contribution in [3.63, 3.8) is 0 Å². The van der Waals surface area contributed by atoms with Gasteiger partial charge in [-0.25, -0.2) is 14.5 Å². The molecule has 0 bridgehead atoms. The van der Waals surface area contributed by atoms with Gasteiger partial charge >= 0.3 is 12.2 Å². The van der Waals surface area contributed by atoms with Gasteiger partial charge in [-0.2, -0.15) is 5.06 Å². The molecule has 6 aliphatic heterocycles. The van der Waals surface area contributed by atoms with Crippen LogP contribution in [0.2, 0.25) is 0 Å². The number of carbonyl (C=O) groups is 8. The number of carbonyl (C=O) groups excluding carboxylic acids is 8. The zero-order chi connectivity index (χ0) is 75.5. The molecule has 6 aromatic carbocycles. The number of methoxy groups -OCH3 is 3. The van der Waals surface area contributed by atoms with E-state index in [-0.39, 0.29) is 78.4 Å². The summed E-state index contributed by atoms with van der Waals surface area (Å²) in [6.07, 6.45) is 1.83. The number of amides is 8. The molecule has 2 fully saturated rings. The van der Waals surface area contributed by atoms with Crippen LogP contribution in [0.5, 0.6) is 28.7 Å². The zero-order valence-corrected chi connectivity index (χ0v) is 61.0. The van der Waals surface area contributed by atoms with Crippen LogP contribution in [0, 0.1) is 11.3 Å². The molecule has 1 saturated heterocycles. The minimum absolute atomic E-state index is 0.0590. The lowest BCUT2D eigenvalue weighted by Gasteiger charge is -2.31. The summed E-state index contributed by atoms with van der Waals surface area (Å²) >= 11 is 0. The highest BCUT2D eigenvalue weighted by atomic mass is 16.7. The number of nitrogens with zero attached hydrogens (tertiary/aromatic N) is 5. The molecule has 1 saturated carbocycles. The fraction of sp³-hybridized carbons (Fsp3) is 0.385. The monoisotopic (exact) mass is 1460 g/mol. The Balaban J connectivity index is 0.584. The molecule has 29 nitrogen and oxygen atoms in total. The summed E-state index contributed by atoms with van der Waals surface area (Å²) in [7, 11) is 4.57. The molecule has 29 heteroatoms. The van der Waals surface area contributed by atoms with E-state index in [0.29, 0.717) is 72.0 Å². The second-order valence-electron chi connectivity index (χ2n) is 28.3. The molecule has 7 aliphatic rings. The van der Waals surface area contributed by atoms with Gasteiger partial charge in [0.1, 0.15) is 30.5 Å². The highest BCUT2D eigenvalue weighted by Gasteiger charge is 2.58. The summed E-state index contributed by atoms with van der Waals surface area (Å²) in [4.78, 5) is 121. The van der Waals surface area contributed by atoms with Gasteiger partial charge in [-0.1, -0.05) is 80.6 Å². The van der Waals surface area contributed by atoms with Crippen LogP contribution in [-0.2, 0) is 41.9 Å². The number of benzene rings is 6. The number of hydrogen-bond acceptors (Lipinski definition) is 21. The minimum Gasteiger partial charge on any atom is -0.497 e. The molecule has 8 amide bonds. The molecule has 0 aromatic heterocycles. The Hall–Kier alpha value is -11.7. The van der Waals surface area contributed by atoms with Gasteiger partial charge in [-0.3, -0.25) is 33.8 Å². The summed E-state index contributed by atoms with van der Waals surface area (Å²) < 4.78 is 35.3. The molecule has 1 aliphatic carbocycles. The van der Waals surface area contributed by atoms with Crippen molar-refractivity contribution in [1.29, 1.82) is 0 Å². The first-order chi connectivity index (χ1) is 51.5. The van der Waals surface area contributed by atoms with Gasteiger partial charge in [0.25, 0.3) is 11.8 Å². The molecular weight excluding hydrogens is 1370 g/mol. The predicted molar refractivity (Wildman–Crippen MR) is 396 cm³/mol. The lowest BCUT2D eigenvalue weighted by molar-refractivity contribution is -0.132. The number of para-hydroxylation sites is 1. The van der Waals surface area contributed by atoms with Gasteiger partial charge in [0.15, 0.2) is 29.2 Å². The first-order valence-electron chi connectivity index (χ1n) is 35.9. The average Bonchev–Trinajstić information content (AvgIpc) is 1.57. The maximum atomic E-state index is 14.5. The summed E-state index contributed by atoms with van der Waals surface area (Å²) in [5, 5.41) is 32.3. The van der Waals surface area contributed by atoms with Crippen molar-refractivity contribution in [2.75, 3.05) is 74.8 Å². The Morgan fingerprint density at radius 3 is 2.07 bits per heavy atom. The van der Waals surface area contributed by atoms with Crippen LogP contribution in [0.15, 0.2) is 128 Å². The van der Waals surface area contributed by atoms with Gasteiger partial charge in [0.2, 0.25) is 23.6 Å². The molecule has 6 aromatic rings. The molecule has 1 spiro atoms. The Morgan fingerprint density at radius 2 is 1.37 bits per heavy atom. The van der Waals surface area contributed by atoms with E-state index in [1.807, 2.05) is 84.0 Å². The van der Waals surface area contributed by atoms with Gasteiger partial charge in [0, 0.05) is 60.7 Å². The molecule has 2 unspecified atom stereocenters. The maximum Gasteiger partial charge on any atom is 0.432 e. The summed E-state index contributed by atoms with van der Waals surface area (Å²) in [6.45, 7) is 11.0. The normalized spacial score (nSPS) is 18.6. The Labute approximate surface area is 619 Å². The molecule has 562 valence electrons. The van der Waals surface area contributed by atoms with E-state index in [4.69, 9.17) is 33.3 Å². The number of hydrogen-bond donors (Lipinski definition) is 9. The van der Waals surface area contributed by atoms with Crippen LogP contribution in [0.4, 0.5) is 32.3 Å². The number of aliphatic hydroxyl groups is 1. The van der Waals surface area contributed by atoms with E-state index >= 15 is 0 Å². The minimum atomic E-state index is -1.50. The van der Waals surface area contributed by atoms with Crippen LogP contribution in [0.25, 0.3) is 17.0 Å². The molecule has 13 rings (SSSR count). The topological polar surface area (TPSA) is 334 Å². The first-order valence-corrected chi connectivity index (χ1v) is 35.9. The highest BCUT2D eigenvalue weighted by molar-refractivity contribution is 6.07. The van der Waals surface area contributed by atoms with E-state index in [1.165, 1.54) is 45.3 Å². The zero-order valence-electron chi connectivity index (χ0n) is 61.0. The number of rotatable bonds is 24. The Bertz CT molecular complexity index is 4510. The SMILES string of the molecule is COc1ccc(C2=CN3C(=O)c4cc(OC)c(OCCCOc5cc6c(cc5OC)C(=O)N5CC7(CC7)C[C@H]5C(O)N6C(=O)OCc5ccc(NC(=O)[C@H](C)NC(=O)[C@@H](NC(=O)CNC(=O)C(C)NC(=O)ON6Cc7ccccc7C7=C(NNN7C(C)C)c7ccccc76)C(C)C)cc5)cc4NC[C@@H]3C2)cc1. The third-order valence-electron chi connectivity index (χ3n) is 20.3. The highest BCUT2D eigenvalue weighted by Crippen LogP contribution is 2.57. The number of anilines is 4. The third-order valence-corrected chi connectivity index (χ3v) is 20.3. The Morgan fingerprint density at radius 1 is 0.692 bits per heavy atom. The van der Waals surface area contributed by atoms with E-state index in [0.717, 1.165) is 62.7 Å². The molecule has 6 heterocycles. The molecule has 0 radical (unpaired) electrons. The number of hydroxylamine groups is 1. The van der Waals surface area contributed by atoms with Crippen molar-refractivity contribution >= 4 is 87.3 Å². The predicted octanol–water partition coefficient (Wildman–Crippen LogP) is 8.02. The number of hydrazine groups is 2. The number of nitrogens with one attached hydrogen (secondary N) is 8. The van der Waals surface area contributed by atoms with Gasteiger partial charge in [-0.15, -0.1) is 5.53 Å². The third kappa shape index (κ3) is 15.5. The molecule has 107 heavy (non-hydrogen) atoms. The van der Waals surface area contributed by atoms with Crippen molar-refractivity contribution in [2.24, 2.45) is 11.3 Å². The van der Waals surface area contributed by atoms with E-state index in [1.54, 1.807) is 67.2 Å². The van der Waals surface area contributed by atoms with Crippen molar-refractivity contribution in [3.05, 3.63) is 166 Å². The summed E-state index contributed by atoms with van der Waals surface area (Å²) in [6, 6.07) is 31.8. The lowest BCUT2D eigenvalue weighted by Crippen LogP contribution is -2.55. The maximum absolute atomic E-state index is 14.5. The number of ether oxygens (including phenoxy) is 6. The van der Waals surface area contributed by atoms with Crippen molar-refractivity contribution in [1.82, 2.24) is 47.0 Å². The average molecular weight is 1460 g/mol. The van der Waals surface area contributed by atoms with Crippen LogP contribution in [0.1, 0.15) is 122 Å².